The number of nitrogens with one attached hydrogen (secondary N) is 2. The van der Waals surface area contributed by atoms with Crippen molar-refractivity contribution >= 4 is 39.2 Å². The average molecular weight is 443 g/mol. The van der Waals surface area contributed by atoms with Crippen LogP contribution in [0.4, 0.5) is 4.39 Å². The number of fused-ring (bicyclic) bond motifs is 3. The first-order valence-electron chi connectivity index (χ1n) is 9.61. The van der Waals surface area contributed by atoms with Gasteiger partial charge < -0.3 is 10.3 Å². The minimum absolute atomic E-state index is 0.0648. The van der Waals surface area contributed by atoms with E-state index in [1.807, 2.05) is 6.07 Å². The molecule has 154 valence electrons. The summed E-state index contributed by atoms with van der Waals surface area (Å²) in [5, 5.41) is 12.5. The number of hydrogen-bond acceptors (Lipinski definition) is 6. The van der Waals surface area contributed by atoms with Gasteiger partial charge in [0.2, 0.25) is 5.91 Å². The third-order valence-electron chi connectivity index (χ3n) is 5.00. The number of H-pyrrole nitrogens is 1. The second-order valence-corrected chi connectivity index (χ2v) is 9.12. The predicted molar refractivity (Wildman–Crippen MR) is 116 cm³/mol. The zero-order chi connectivity index (χ0) is 21.1. The number of aromatic nitrogens is 2. The molecule has 6 nitrogen and oxygen atoms in total. The zero-order valence-corrected chi connectivity index (χ0v) is 17.7. The molecule has 9 heteroatoms. The van der Waals surface area contributed by atoms with Crippen molar-refractivity contribution in [3.05, 3.63) is 62.3 Å². The number of aryl methyl sites for hydroxylation is 2. The number of thioether (sulfide) groups is 1. The van der Waals surface area contributed by atoms with E-state index in [-0.39, 0.29) is 22.8 Å². The van der Waals surface area contributed by atoms with Gasteiger partial charge in [0.25, 0.3) is 5.56 Å². The first-order chi connectivity index (χ1) is 14.6. The van der Waals surface area contributed by atoms with Crippen LogP contribution in [0.25, 0.3) is 10.2 Å². The van der Waals surface area contributed by atoms with Crippen molar-refractivity contribution in [1.82, 2.24) is 15.3 Å². The smallest absolute Gasteiger partial charge is 0.259 e. The molecular formula is C21H19FN4O2S2. The lowest BCUT2D eigenvalue weighted by molar-refractivity contribution is -0.118. The Balaban J connectivity index is 1.39. The largest absolute Gasteiger partial charge is 0.336 e. The molecule has 2 N–H and O–H groups in total. The fraction of sp³-hybridized carbons (Fsp3) is 0.333. The van der Waals surface area contributed by atoms with Gasteiger partial charge in [-0.15, -0.1) is 23.1 Å². The van der Waals surface area contributed by atoms with Crippen molar-refractivity contribution in [2.75, 3.05) is 5.75 Å². The van der Waals surface area contributed by atoms with Gasteiger partial charge in [-0.1, -0.05) is 18.2 Å². The molecule has 0 saturated carbocycles. The van der Waals surface area contributed by atoms with Crippen LogP contribution in [0.3, 0.4) is 0 Å². The molecule has 1 amide bonds. The number of benzene rings is 1. The lowest BCUT2D eigenvalue weighted by Crippen LogP contribution is -2.29. The van der Waals surface area contributed by atoms with Crippen LogP contribution in [0, 0.1) is 17.1 Å². The number of hydrogen-bond donors (Lipinski definition) is 2. The van der Waals surface area contributed by atoms with Crippen LogP contribution in [0.2, 0.25) is 0 Å². The number of rotatable bonds is 6. The summed E-state index contributed by atoms with van der Waals surface area (Å²) >= 11 is 2.86. The van der Waals surface area contributed by atoms with Gasteiger partial charge >= 0.3 is 0 Å². The number of nitrogens with zero attached hydrogens (tertiary/aromatic N) is 2. The summed E-state index contributed by atoms with van der Waals surface area (Å²) in [4.78, 5) is 34.2. The highest BCUT2D eigenvalue weighted by Crippen LogP contribution is 2.33. The SMILES string of the molecule is N#CC(NC(=O)CSCc1nc2sc3c(c2c(=O)[nH]1)CCCC3)c1ccccc1F. The van der Waals surface area contributed by atoms with Crippen LogP contribution in [-0.4, -0.2) is 21.6 Å². The lowest BCUT2D eigenvalue weighted by atomic mass is 9.97. The van der Waals surface area contributed by atoms with Gasteiger partial charge in [0.15, 0.2) is 0 Å². The molecule has 2 heterocycles. The van der Waals surface area contributed by atoms with Crippen LogP contribution in [0.15, 0.2) is 29.1 Å². The topological polar surface area (TPSA) is 98.6 Å². The maximum atomic E-state index is 13.9. The monoisotopic (exact) mass is 442 g/mol. The quantitative estimate of drug-likeness (QED) is 0.608. The van der Waals surface area contributed by atoms with Crippen molar-refractivity contribution in [3.8, 4) is 6.07 Å². The molecule has 0 spiro atoms. The number of halogens is 1. The van der Waals surface area contributed by atoms with Crippen molar-refractivity contribution in [1.29, 1.82) is 5.26 Å². The van der Waals surface area contributed by atoms with Gasteiger partial charge in [-0.2, -0.15) is 5.26 Å². The van der Waals surface area contributed by atoms with Crippen LogP contribution in [-0.2, 0) is 23.4 Å². The molecule has 0 aliphatic heterocycles. The molecule has 2 aromatic heterocycles. The Morgan fingerprint density at radius 2 is 2.17 bits per heavy atom. The maximum absolute atomic E-state index is 13.9. The molecule has 1 aromatic carbocycles. The van der Waals surface area contributed by atoms with E-state index < -0.39 is 11.9 Å². The normalized spacial score (nSPS) is 14.1. The Morgan fingerprint density at radius 1 is 1.37 bits per heavy atom. The summed E-state index contributed by atoms with van der Waals surface area (Å²) < 4.78 is 13.9. The van der Waals surface area contributed by atoms with E-state index in [2.05, 4.69) is 15.3 Å². The van der Waals surface area contributed by atoms with Crippen LogP contribution >= 0.6 is 23.1 Å². The molecule has 1 aliphatic carbocycles. The average Bonchev–Trinajstić information content (AvgIpc) is 3.11. The molecule has 0 bridgehead atoms. The molecule has 1 unspecified atom stereocenters. The number of aromatic amines is 1. The molecule has 3 aromatic rings. The highest BCUT2D eigenvalue weighted by Gasteiger charge is 2.20. The Morgan fingerprint density at radius 3 is 2.97 bits per heavy atom. The Bertz CT molecular complexity index is 1200. The lowest BCUT2D eigenvalue weighted by Gasteiger charge is -2.12. The zero-order valence-electron chi connectivity index (χ0n) is 16.0. The Hall–Kier alpha value is -2.70. The predicted octanol–water partition coefficient (Wildman–Crippen LogP) is 3.62. The van der Waals surface area contributed by atoms with E-state index in [0.717, 1.165) is 36.1 Å². The van der Waals surface area contributed by atoms with E-state index in [9.17, 15) is 19.2 Å². The molecule has 4 rings (SSSR count). The van der Waals surface area contributed by atoms with Crippen molar-refractivity contribution < 1.29 is 9.18 Å². The first kappa shape index (κ1) is 20.6. The second-order valence-electron chi connectivity index (χ2n) is 7.05. The van der Waals surface area contributed by atoms with Gasteiger partial charge in [0, 0.05) is 10.4 Å². The highest BCUT2D eigenvalue weighted by atomic mass is 32.2. The van der Waals surface area contributed by atoms with Gasteiger partial charge in [-0.25, -0.2) is 9.37 Å². The van der Waals surface area contributed by atoms with Gasteiger partial charge in [0.05, 0.1) is 23.0 Å². The van der Waals surface area contributed by atoms with Crippen molar-refractivity contribution in [3.63, 3.8) is 0 Å². The number of thiophene rings is 1. The van der Waals surface area contributed by atoms with Gasteiger partial charge in [0.1, 0.15) is 22.5 Å². The van der Waals surface area contributed by atoms with Gasteiger partial charge in [-0.3, -0.25) is 9.59 Å². The minimum Gasteiger partial charge on any atom is -0.336 e. The molecule has 0 radical (unpaired) electrons. The fourth-order valence-corrected chi connectivity index (χ4v) is 5.59. The van der Waals surface area contributed by atoms with Crippen LogP contribution in [0.5, 0.6) is 0 Å². The standard InChI is InChI=1S/C21H19FN4O2S2/c22-14-7-3-1-5-12(14)15(9-23)24-18(27)11-29-10-17-25-20(28)19-13-6-2-4-8-16(13)30-21(19)26-17/h1,3,5,7,15H,2,4,6,8,10-11H2,(H,24,27)(H,25,26,28). The summed E-state index contributed by atoms with van der Waals surface area (Å²) in [6.45, 7) is 0. The van der Waals surface area contributed by atoms with E-state index in [1.54, 1.807) is 17.4 Å². The van der Waals surface area contributed by atoms with E-state index in [0.29, 0.717) is 17.0 Å². The fourth-order valence-electron chi connectivity index (χ4n) is 3.61. The third-order valence-corrected chi connectivity index (χ3v) is 7.13. The molecule has 0 fully saturated rings. The molecule has 30 heavy (non-hydrogen) atoms. The van der Waals surface area contributed by atoms with E-state index in [4.69, 9.17) is 0 Å². The molecular weight excluding hydrogens is 423 g/mol. The summed E-state index contributed by atoms with van der Waals surface area (Å²) in [6, 6.07) is 6.73. The molecule has 1 atom stereocenters. The third kappa shape index (κ3) is 4.25. The van der Waals surface area contributed by atoms with Crippen LogP contribution < -0.4 is 10.9 Å². The molecule has 0 saturated heterocycles. The maximum Gasteiger partial charge on any atom is 0.259 e. The minimum atomic E-state index is -1.05. The summed E-state index contributed by atoms with van der Waals surface area (Å²) in [7, 11) is 0. The van der Waals surface area contributed by atoms with E-state index in [1.165, 1.54) is 34.8 Å². The second kappa shape index (κ2) is 8.98. The van der Waals surface area contributed by atoms with Crippen molar-refractivity contribution in [2.24, 2.45) is 0 Å². The summed E-state index contributed by atoms with van der Waals surface area (Å²) in [5.74, 6) is 0.0262. The van der Waals surface area contributed by atoms with Crippen molar-refractivity contribution in [2.45, 2.75) is 37.5 Å². The van der Waals surface area contributed by atoms with Gasteiger partial charge in [-0.05, 0) is 37.3 Å². The number of carbonyl (C=O) groups excluding carboxylic acids is 1. The van der Waals surface area contributed by atoms with Crippen LogP contribution in [0.1, 0.15) is 40.7 Å². The Labute approximate surface area is 180 Å². The number of nitriles is 1. The summed E-state index contributed by atoms with van der Waals surface area (Å²) in [6.07, 6.45) is 4.17. The Kier molecular flexibility index (Phi) is 6.16. The summed E-state index contributed by atoms with van der Waals surface area (Å²) in [5.41, 5.74) is 1.16. The number of carbonyl (C=O) groups is 1. The van der Waals surface area contributed by atoms with E-state index >= 15 is 0 Å². The number of amides is 1. The first-order valence-corrected chi connectivity index (χ1v) is 11.6. The highest BCUT2D eigenvalue weighted by molar-refractivity contribution is 7.99. The molecule has 1 aliphatic rings.